The van der Waals surface area contributed by atoms with Gasteiger partial charge in [0.15, 0.2) is 0 Å². The lowest BCUT2D eigenvalue weighted by Crippen LogP contribution is -2.21. The number of methoxy groups -OCH3 is 1. The molecular weight excluding hydrogens is 293 g/mol. The van der Waals surface area contributed by atoms with Gasteiger partial charge in [0.25, 0.3) is 0 Å². The van der Waals surface area contributed by atoms with E-state index in [-0.39, 0.29) is 6.01 Å². The number of ether oxygens (including phenoxy) is 1. The first-order valence-corrected chi connectivity index (χ1v) is 5.49. The van der Waals surface area contributed by atoms with Crippen molar-refractivity contribution in [3.8, 4) is 11.7 Å². The highest BCUT2D eigenvalue weighted by Gasteiger charge is 2.14. The number of aryl methyl sites for hydroxylation is 1. The summed E-state index contributed by atoms with van der Waals surface area (Å²) in [7, 11) is 2.89. The van der Waals surface area contributed by atoms with Crippen LogP contribution in [0.2, 0.25) is 0 Å². The molecule has 0 aliphatic heterocycles. The minimum Gasteiger partial charge on any atom is -0.467 e. The zero-order valence-corrected chi connectivity index (χ0v) is 10.7. The average molecular weight is 302 g/mol. The van der Waals surface area contributed by atoms with Crippen LogP contribution >= 0.6 is 15.9 Å². The molecule has 7 heteroatoms. The highest BCUT2D eigenvalue weighted by atomic mass is 79.9. The van der Waals surface area contributed by atoms with Crippen LogP contribution in [0.3, 0.4) is 0 Å². The molecular formula is C10H9BrFN3O2. The summed E-state index contributed by atoms with van der Waals surface area (Å²) in [5, 5.41) is 3.87. The predicted octanol–water partition coefficient (Wildman–Crippen LogP) is 1.48. The molecule has 0 amide bonds. The highest BCUT2D eigenvalue weighted by molar-refractivity contribution is 9.10. The van der Waals surface area contributed by atoms with Crippen LogP contribution in [0.5, 0.6) is 6.01 Å². The van der Waals surface area contributed by atoms with Gasteiger partial charge in [-0.3, -0.25) is 0 Å². The van der Waals surface area contributed by atoms with Crippen LogP contribution in [0.25, 0.3) is 5.69 Å². The number of rotatable bonds is 2. The Labute approximate surface area is 105 Å². The van der Waals surface area contributed by atoms with E-state index in [1.807, 2.05) is 0 Å². The Hall–Kier alpha value is -1.63. The SMILES string of the molecule is COc1nn(C)c(=O)n1-c1ccc(Br)c(F)c1. The molecule has 0 saturated carbocycles. The summed E-state index contributed by atoms with van der Waals surface area (Å²) in [5.41, 5.74) is -0.0378. The van der Waals surface area contributed by atoms with Gasteiger partial charge in [0.2, 0.25) is 0 Å². The van der Waals surface area contributed by atoms with Crippen LogP contribution in [0.4, 0.5) is 4.39 Å². The lowest BCUT2D eigenvalue weighted by atomic mass is 10.3. The number of hydrogen-bond acceptors (Lipinski definition) is 3. The molecule has 5 nitrogen and oxygen atoms in total. The van der Waals surface area contributed by atoms with Crippen molar-refractivity contribution in [2.75, 3.05) is 7.11 Å². The molecule has 0 aliphatic rings. The van der Waals surface area contributed by atoms with Gasteiger partial charge in [-0.2, -0.15) is 0 Å². The van der Waals surface area contributed by atoms with Crippen LogP contribution in [-0.2, 0) is 7.05 Å². The molecule has 0 saturated heterocycles. The zero-order chi connectivity index (χ0) is 12.6. The van der Waals surface area contributed by atoms with Crippen molar-refractivity contribution >= 4 is 15.9 Å². The second-order valence-corrected chi connectivity index (χ2v) is 4.18. The number of hydrogen-bond donors (Lipinski definition) is 0. The average Bonchev–Trinajstić information content (AvgIpc) is 2.59. The largest absolute Gasteiger partial charge is 0.467 e. The van der Waals surface area contributed by atoms with E-state index < -0.39 is 11.5 Å². The summed E-state index contributed by atoms with van der Waals surface area (Å²) in [6, 6.07) is 4.46. The fourth-order valence-electron chi connectivity index (χ4n) is 1.42. The molecule has 2 rings (SSSR count). The van der Waals surface area contributed by atoms with Gasteiger partial charge in [0.1, 0.15) is 5.82 Å². The standard InChI is InChI=1S/C10H9BrFN3O2/c1-14-10(16)15(9(13-14)17-2)6-3-4-7(11)8(12)5-6/h3-5H,1-2H3. The van der Waals surface area contributed by atoms with Gasteiger partial charge in [-0.25, -0.2) is 18.4 Å². The molecule has 0 unspecified atom stereocenters. The van der Waals surface area contributed by atoms with Gasteiger partial charge >= 0.3 is 11.7 Å². The van der Waals surface area contributed by atoms with Gasteiger partial charge in [-0.15, -0.1) is 5.10 Å². The van der Waals surface area contributed by atoms with Crippen LogP contribution < -0.4 is 10.4 Å². The van der Waals surface area contributed by atoms with Crippen molar-refractivity contribution in [3.05, 3.63) is 39.0 Å². The van der Waals surface area contributed by atoms with Gasteiger partial charge < -0.3 is 4.74 Å². The van der Waals surface area contributed by atoms with E-state index in [1.54, 1.807) is 6.07 Å². The monoisotopic (exact) mass is 301 g/mol. The molecule has 0 N–H and O–H groups in total. The first-order chi connectivity index (χ1) is 8.04. The van der Waals surface area contributed by atoms with Gasteiger partial charge in [0.05, 0.1) is 17.3 Å². The minimum absolute atomic E-state index is 0.110. The van der Waals surface area contributed by atoms with Crippen LogP contribution in [0.15, 0.2) is 27.5 Å². The summed E-state index contributed by atoms with van der Waals surface area (Å²) in [5.74, 6) is -0.458. The van der Waals surface area contributed by atoms with E-state index in [1.165, 1.54) is 30.9 Å². The lowest BCUT2D eigenvalue weighted by molar-refractivity contribution is 0.368. The summed E-state index contributed by atoms with van der Waals surface area (Å²) in [4.78, 5) is 11.8. The Morgan fingerprint density at radius 1 is 1.47 bits per heavy atom. The third-order valence-electron chi connectivity index (χ3n) is 2.24. The first kappa shape index (κ1) is 11.8. The smallest absolute Gasteiger partial charge is 0.353 e. The zero-order valence-electron chi connectivity index (χ0n) is 9.15. The Bertz CT molecular complexity index is 620. The third-order valence-corrected chi connectivity index (χ3v) is 2.88. The number of aromatic nitrogens is 3. The van der Waals surface area contributed by atoms with Crippen LogP contribution in [0.1, 0.15) is 0 Å². The maximum atomic E-state index is 13.4. The fraction of sp³-hybridized carbons (Fsp3) is 0.200. The van der Waals surface area contributed by atoms with Gasteiger partial charge in [0, 0.05) is 7.05 Å². The lowest BCUT2D eigenvalue weighted by Gasteiger charge is -2.04. The van der Waals surface area contributed by atoms with Gasteiger partial charge in [-0.05, 0) is 34.1 Å². The van der Waals surface area contributed by atoms with E-state index in [9.17, 15) is 9.18 Å². The van der Waals surface area contributed by atoms with Crippen LogP contribution in [-0.4, -0.2) is 21.5 Å². The minimum atomic E-state index is -0.458. The molecule has 1 aromatic heterocycles. The Kier molecular flexibility index (Phi) is 3.01. The predicted molar refractivity (Wildman–Crippen MR) is 63.0 cm³/mol. The molecule has 2 aromatic rings. The van der Waals surface area contributed by atoms with Crippen molar-refractivity contribution < 1.29 is 9.13 Å². The quantitative estimate of drug-likeness (QED) is 0.844. The highest BCUT2D eigenvalue weighted by Crippen LogP contribution is 2.20. The van der Waals surface area contributed by atoms with Crippen molar-refractivity contribution in [1.29, 1.82) is 0 Å². The maximum absolute atomic E-state index is 13.4. The van der Waals surface area contributed by atoms with E-state index in [0.29, 0.717) is 10.2 Å². The molecule has 0 radical (unpaired) electrons. The fourth-order valence-corrected chi connectivity index (χ4v) is 1.67. The molecule has 0 aliphatic carbocycles. The van der Waals surface area contributed by atoms with E-state index in [2.05, 4.69) is 21.0 Å². The van der Waals surface area contributed by atoms with E-state index in [0.717, 1.165) is 4.68 Å². The van der Waals surface area contributed by atoms with Crippen LogP contribution in [0, 0.1) is 5.82 Å². The maximum Gasteiger partial charge on any atom is 0.353 e. The molecule has 0 atom stereocenters. The number of nitrogens with zero attached hydrogens (tertiary/aromatic N) is 3. The Morgan fingerprint density at radius 2 is 2.18 bits per heavy atom. The Morgan fingerprint density at radius 3 is 2.76 bits per heavy atom. The second-order valence-electron chi connectivity index (χ2n) is 3.33. The summed E-state index contributed by atoms with van der Waals surface area (Å²) >= 11 is 3.05. The molecule has 90 valence electrons. The summed E-state index contributed by atoms with van der Waals surface area (Å²) < 4.78 is 21.0. The summed E-state index contributed by atoms with van der Waals surface area (Å²) in [6.07, 6.45) is 0. The third kappa shape index (κ3) is 1.97. The van der Waals surface area contributed by atoms with Crippen molar-refractivity contribution in [1.82, 2.24) is 14.3 Å². The molecule has 0 bridgehead atoms. The molecule has 1 aromatic carbocycles. The normalized spacial score (nSPS) is 10.6. The van der Waals surface area contributed by atoms with Crippen molar-refractivity contribution in [2.45, 2.75) is 0 Å². The topological polar surface area (TPSA) is 49.1 Å². The van der Waals surface area contributed by atoms with Crippen molar-refractivity contribution in [3.63, 3.8) is 0 Å². The van der Waals surface area contributed by atoms with E-state index in [4.69, 9.17) is 4.74 Å². The summed E-state index contributed by atoms with van der Waals surface area (Å²) in [6.45, 7) is 0. The van der Waals surface area contributed by atoms with Crippen molar-refractivity contribution in [2.24, 2.45) is 7.05 Å². The Balaban J connectivity index is 2.67. The van der Waals surface area contributed by atoms with E-state index >= 15 is 0 Å². The number of halogens is 2. The number of benzene rings is 1. The molecule has 0 fully saturated rings. The molecule has 1 heterocycles. The van der Waals surface area contributed by atoms with Gasteiger partial charge in [-0.1, -0.05) is 0 Å². The molecule has 0 spiro atoms. The first-order valence-electron chi connectivity index (χ1n) is 4.70. The second kappa shape index (κ2) is 4.33. The molecule has 17 heavy (non-hydrogen) atoms.